The molecule has 0 fully saturated rings. The Morgan fingerprint density at radius 1 is 1.31 bits per heavy atom. The van der Waals surface area contributed by atoms with E-state index in [0.717, 1.165) is 18.0 Å². The van der Waals surface area contributed by atoms with Gasteiger partial charge in [0.05, 0.1) is 13.2 Å². The molecule has 0 aliphatic heterocycles. The van der Waals surface area contributed by atoms with Crippen molar-refractivity contribution in [1.82, 2.24) is 4.90 Å². The van der Waals surface area contributed by atoms with Crippen LogP contribution in [0.1, 0.15) is 0 Å². The number of rotatable bonds is 6. The standard InChI is InChI=1S/C12H20N2O2/c1-14(2)8-10(13)9-16-12-6-4-5-11(7-12)15-3/h4-7,10H,8-9,13H2,1-3H3. The van der Waals surface area contributed by atoms with E-state index in [4.69, 9.17) is 15.2 Å². The average Bonchev–Trinajstić information content (AvgIpc) is 2.26. The van der Waals surface area contributed by atoms with E-state index in [-0.39, 0.29) is 6.04 Å². The van der Waals surface area contributed by atoms with Crippen LogP contribution in [0.15, 0.2) is 24.3 Å². The predicted molar refractivity (Wildman–Crippen MR) is 65.0 cm³/mol. The van der Waals surface area contributed by atoms with E-state index in [9.17, 15) is 0 Å². The second-order valence-corrected chi connectivity index (χ2v) is 4.01. The van der Waals surface area contributed by atoms with Crippen molar-refractivity contribution in [3.8, 4) is 11.5 Å². The maximum absolute atomic E-state index is 5.90. The lowest BCUT2D eigenvalue weighted by molar-refractivity contribution is 0.253. The number of hydrogen-bond acceptors (Lipinski definition) is 4. The van der Waals surface area contributed by atoms with Gasteiger partial charge in [-0.2, -0.15) is 0 Å². The molecule has 16 heavy (non-hydrogen) atoms. The summed E-state index contributed by atoms with van der Waals surface area (Å²) in [6, 6.07) is 7.53. The summed E-state index contributed by atoms with van der Waals surface area (Å²) >= 11 is 0. The first-order valence-electron chi connectivity index (χ1n) is 5.29. The van der Waals surface area contributed by atoms with Gasteiger partial charge in [0.1, 0.15) is 18.1 Å². The summed E-state index contributed by atoms with van der Waals surface area (Å²) in [6.45, 7) is 1.31. The predicted octanol–water partition coefficient (Wildman–Crippen LogP) is 0.963. The van der Waals surface area contributed by atoms with Gasteiger partial charge in [0.15, 0.2) is 0 Å². The molecule has 4 nitrogen and oxygen atoms in total. The van der Waals surface area contributed by atoms with Crippen LogP contribution in [0, 0.1) is 0 Å². The highest BCUT2D eigenvalue weighted by Crippen LogP contribution is 2.18. The van der Waals surface area contributed by atoms with Crippen molar-refractivity contribution in [1.29, 1.82) is 0 Å². The van der Waals surface area contributed by atoms with Crippen molar-refractivity contribution < 1.29 is 9.47 Å². The van der Waals surface area contributed by atoms with Crippen LogP contribution in [0.5, 0.6) is 11.5 Å². The minimum absolute atomic E-state index is 0.0150. The van der Waals surface area contributed by atoms with Crippen LogP contribution in [0.25, 0.3) is 0 Å². The van der Waals surface area contributed by atoms with Gasteiger partial charge in [-0.15, -0.1) is 0 Å². The van der Waals surface area contributed by atoms with Crippen LogP contribution >= 0.6 is 0 Å². The Morgan fingerprint density at radius 3 is 2.62 bits per heavy atom. The number of nitrogens with zero attached hydrogens (tertiary/aromatic N) is 1. The molecular weight excluding hydrogens is 204 g/mol. The van der Waals surface area contributed by atoms with E-state index in [1.165, 1.54) is 0 Å². The number of likely N-dealkylation sites (N-methyl/N-ethyl adjacent to an activating group) is 1. The average molecular weight is 224 g/mol. The molecule has 0 amide bonds. The minimum atomic E-state index is 0.0150. The Labute approximate surface area is 96.9 Å². The molecule has 0 aromatic heterocycles. The fourth-order valence-electron chi connectivity index (χ4n) is 1.42. The van der Waals surface area contributed by atoms with Crippen molar-refractivity contribution in [2.45, 2.75) is 6.04 Å². The van der Waals surface area contributed by atoms with Gasteiger partial charge in [0.25, 0.3) is 0 Å². The van der Waals surface area contributed by atoms with E-state index in [1.807, 2.05) is 43.3 Å². The number of methoxy groups -OCH3 is 1. The second kappa shape index (κ2) is 6.35. The Morgan fingerprint density at radius 2 is 2.00 bits per heavy atom. The highest BCUT2D eigenvalue weighted by molar-refractivity contribution is 5.32. The minimum Gasteiger partial charge on any atom is -0.497 e. The fourth-order valence-corrected chi connectivity index (χ4v) is 1.42. The van der Waals surface area contributed by atoms with Crippen LogP contribution in [0.2, 0.25) is 0 Å². The van der Waals surface area contributed by atoms with Crippen molar-refractivity contribution in [2.75, 3.05) is 34.4 Å². The molecular formula is C12H20N2O2. The summed E-state index contributed by atoms with van der Waals surface area (Å²) in [4.78, 5) is 2.04. The molecule has 90 valence electrons. The third kappa shape index (κ3) is 4.51. The topological polar surface area (TPSA) is 47.7 Å². The van der Waals surface area contributed by atoms with Gasteiger partial charge in [-0.3, -0.25) is 0 Å². The lowest BCUT2D eigenvalue weighted by Gasteiger charge is -2.17. The third-order valence-corrected chi connectivity index (χ3v) is 2.10. The first-order chi connectivity index (χ1) is 7.61. The summed E-state index contributed by atoms with van der Waals surface area (Å²) in [5.74, 6) is 1.58. The molecule has 1 atom stereocenters. The normalized spacial score (nSPS) is 12.6. The van der Waals surface area contributed by atoms with Gasteiger partial charge >= 0.3 is 0 Å². The monoisotopic (exact) mass is 224 g/mol. The van der Waals surface area contributed by atoms with Crippen LogP contribution < -0.4 is 15.2 Å². The Kier molecular flexibility index (Phi) is 5.08. The molecule has 0 saturated heterocycles. The lowest BCUT2D eigenvalue weighted by Crippen LogP contribution is -2.37. The molecule has 0 heterocycles. The van der Waals surface area contributed by atoms with E-state index < -0.39 is 0 Å². The summed E-state index contributed by atoms with van der Waals surface area (Å²) in [5, 5.41) is 0. The zero-order valence-electron chi connectivity index (χ0n) is 10.1. The van der Waals surface area contributed by atoms with E-state index >= 15 is 0 Å². The fraction of sp³-hybridized carbons (Fsp3) is 0.500. The molecule has 0 aliphatic rings. The Hall–Kier alpha value is -1.26. The molecule has 0 saturated carbocycles. The molecule has 4 heteroatoms. The number of ether oxygens (including phenoxy) is 2. The first-order valence-corrected chi connectivity index (χ1v) is 5.29. The first kappa shape index (κ1) is 12.8. The maximum atomic E-state index is 5.90. The Balaban J connectivity index is 2.41. The van der Waals surface area contributed by atoms with Crippen LogP contribution in [0.3, 0.4) is 0 Å². The zero-order valence-corrected chi connectivity index (χ0v) is 10.1. The van der Waals surface area contributed by atoms with Crippen LogP contribution in [-0.2, 0) is 0 Å². The van der Waals surface area contributed by atoms with Crippen LogP contribution in [-0.4, -0.2) is 45.3 Å². The number of nitrogens with two attached hydrogens (primary N) is 1. The SMILES string of the molecule is COc1cccc(OCC(N)CN(C)C)c1. The molecule has 2 N–H and O–H groups in total. The molecule has 0 aliphatic carbocycles. The maximum Gasteiger partial charge on any atom is 0.123 e. The van der Waals surface area contributed by atoms with E-state index in [2.05, 4.69) is 0 Å². The van der Waals surface area contributed by atoms with Crippen molar-refractivity contribution in [2.24, 2.45) is 5.73 Å². The highest BCUT2D eigenvalue weighted by Gasteiger charge is 2.05. The summed E-state index contributed by atoms with van der Waals surface area (Å²) in [7, 11) is 5.62. The molecule has 1 aromatic rings. The number of hydrogen-bond donors (Lipinski definition) is 1. The quantitative estimate of drug-likeness (QED) is 0.782. The van der Waals surface area contributed by atoms with Gasteiger partial charge in [-0.05, 0) is 26.2 Å². The van der Waals surface area contributed by atoms with Gasteiger partial charge in [0, 0.05) is 12.6 Å². The number of benzene rings is 1. The van der Waals surface area contributed by atoms with Crippen LogP contribution in [0.4, 0.5) is 0 Å². The summed E-state index contributed by atoms with van der Waals surface area (Å²) in [5.41, 5.74) is 5.90. The summed E-state index contributed by atoms with van der Waals surface area (Å²) < 4.78 is 10.7. The highest BCUT2D eigenvalue weighted by atomic mass is 16.5. The van der Waals surface area contributed by atoms with Gasteiger partial charge < -0.3 is 20.1 Å². The van der Waals surface area contributed by atoms with Gasteiger partial charge in [-0.25, -0.2) is 0 Å². The molecule has 1 aromatic carbocycles. The Bertz CT molecular complexity index is 316. The largest absolute Gasteiger partial charge is 0.497 e. The summed E-state index contributed by atoms with van der Waals surface area (Å²) in [6.07, 6.45) is 0. The molecule has 0 radical (unpaired) electrons. The van der Waals surface area contributed by atoms with Gasteiger partial charge in [0.2, 0.25) is 0 Å². The van der Waals surface area contributed by atoms with Gasteiger partial charge in [-0.1, -0.05) is 6.07 Å². The second-order valence-electron chi connectivity index (χ2n) is 4.01. The lowest BCUT2D eigenvalue weighted by atomic mass is 10.3. The van der Waals surface area contributed by atoms with E-state index in [0.29, 0.717) is 6.61 Å². The molecule has 0 spiro atoms. The zero-order chi connectivity index (χ0) is 12.0. The molecule has 1 rings (SSSR count). The van der Waals surface area contributed by atoms with Crippen molar-refractivity contribution in [3.05, 3.63) is 24.3 Å². The van der Waals surface area contributed by atoms with Crippen molar-refractivity contribution in [3.63, 3.8) is 0 Å². The molecule has 1 unspecified atom stereocenters. The van der Waals surface area contributed by atoms with E-state index in [1.54, 1.807) is 7.11 Å². The van der Waals surface area contributed by atoms with Crippen molar-refractivity contribution >= 4 is 0 Å². The molecule has 0 bridgehead atoms. The third-order valence-electron chi connectivity index (χ3n) is 2.10. The smallest absolute Gasteiger partial charge is 0.123 e.